The summed E-state index contributed by atoms with van der Waals surface area (Å²) < 4.78 is 0.764. The number of hydrogen-bond acceptors (Lipinski definition) is 3. The van der Waals surface area contributed by atoms with Crippen molar-refractivity contribution in [2.24, 2.45) is 0 Å². The summed E-state index contributed by atoms with van der Waals surface area (Å²) in [6, 6.07) is 3.86. The number of aliphatic carboxylic acids is 1. The highest BCUT2D eigenvalue weighted by Gasteiger charge is 2.46. The number of carboxylic acids is 1. The molecule has 1 fully saturated rings. The number of rotatable bonds is 5. The van der Waals surface area contributed by atoms with Gasteiger partial charge in [0.25, 0.3) is 0 Å². The molecule has 0 spiro atoms. The Labute approximate surface area is 116 Å². The fraction of sp³-hybridized carbons (Fsp3) is 0.615. The molecule has 1 aliphatic heterocycles. The average molecular weight is 288 g/mol. The standard InChI is InChI=1S/C13H18ClNO2S/c1-2-6-13(12(16)17)7-3-8-15(13)9-10-4-5-11(14)18-10/h4-5H,2-3,6-9H2,1H3,(H,16,17). The third-order valence-corrected chi connectivity index (χ3v) is 4.88. The topological polar surface area (TPSA) is 40.5 Å². The van der Waals surface area contributed by atoms with Crippen LogP contribution in [0.25, 0.3) is 0 Å². The summed E-state index contributed by atoms with van der Waals surface area (Å²) in [4.78, 5) is 14.9. The van der Waals surface area contributed by atoms with Crippen molar-refractivity contribution in [3.8, 4) is 0 Å². The summed E-state index contributed by atoms with van der Waals surface area (Å²) in [6.07, 6.45) is 3.34. The zero-order chi connectivity index (χ0) is 13.2. The molecule has 1 aromatic rings. The van der Waals surface area contributed by atoms with Crippen LogP contribution in [-0.4, -0.2) is 28.1 Å². The second-order valence-electron chi connectivity index (χ2n) is 4.82. The molecule has 0 radical (unpaired) electrons. The maximum atomic E-state index is 11.7. The highest BCUT2D eigenvalue weighted by Crippen LogP contribution is 2.36. The van der Waals surface area contributed by atoms with Crippen molar-refractivity contribution >= 4 is 28.9 Å². The maximum absolute atomic E-state index is 11.7. The predicted molar refractivity (Wildman–Crippen MR) is 74.2 cm³/mol. The van der Waals surface area contributed by atoms with Crippen LogP contribution >= 0.6 is 22.9 Å². The van der Waals surface area contributed by atoms with E-state index >= 15 is 0 Å². The van der Waals surface area contributed by atoms with Crippen molar-refractivity contribution in [1.29, 1.82) is 0 Å². The van der Waals surface area contributed by atoms with Crippen molar-refractivity contribution in [1.82, 2.24) is 4.90 Å². The van der Waals surface area contributed by atoms with Crippen LogP contribution in [-0.2, 0) is 11.3 Å². The van der Waals surface area contributed by atoms with E-state index in [-0.39, 0.29) is 0 Å². The molecule has 1 N–H and O–H groups in total. The van der Waals surface area contributed by atoms with Crippen molar-refractivity contribution in [3.05, 3.63) is 21.3 Å². The monoisotopic (exact) mass is 287 g/mol. The van der Waals surface area contributed by atoms with Crippen molar-refractivity contribution < 1.29 is 9.90 Å². The molecule has 0 aromatic carbocycles. The van der Waals surface area contributed by atoms with Crippen molar-refractivity contribution in [2.75, 3.05) is 6.54 Å². The van der Waals surface area contributed by atoms with Gasteiger partial charge >= 0.3 is 5.97 Å². The Hall–Kier alpha value is -0.580. The lowest BCUT2D eigenvalue weighted by Gasteiger charge is -2.34. The van der Waals surface area contributed by atoms with Gasteiger partial charge in [0.05, 0.1) is 4.34 Å². The van der Waals surface area contributed by atoms with Crippen LogP contribution in [0.1, 0.15) is 37.5 Å². The Morgan fingerprint density at radius 1 is 1.61 bits per heavy atom. The Bertz CT molecular complexity index is 434. The number of thiophene rings is 1. The first-order valence-electron chi connectivity index (χ1n) is 6.31. The quantitative estimate of drug-likeness (QED) is 0.899. The normalized spacial score (nSPS) is 24.6. The summed E-state index contributed by atoms with van der Waals surface area (Å²) in [6.45, 7) is 3.61. The molecule has 3 nitrogen and oxygen atoms in total. The van der Waals surface area contributed by atoms with Gasteiger partial charge in [-0.2, -0.15) is 0 Å². The molecule has 5 heteroatoms. The molecule has 0 amide bonds. The molecular weight excluding hydrogens is 270 g/mol. The van der Waals surface area contributed by atoms with Gasteiger partial charge < -0.3 is 5.11 Å². The molecule has 18 heavy (non-hydrogen) atoms. The molecule has 100 valence electrons. The number of hydrogen-bond donors (Lipinski definition) is 1. The molecule has 1 atom stereocenters. The van der Waals surface area contributed by atoms with Crippen LogP contribution in [0.3, 0.4) is 0 Å². The largest absolute Gasteiger partial charge is 0.480 e. The molecule has 0 aliphatic carbocycles. The zero-order valence-electron chi connectivity index (χ0n) is 10.5. The molecule has 0 saturated carbocycles. The number of nitrogens with zero attached hydrogens (tertiary/aromatic N) is 1. The number of carbonyl (C=O) groups is 1. The van der Waals surface area contributed by atoms with Gasteiger partial charge in [-0.3, -0.25) is 9.69 Å². The van der Waals surface area contributed by atoms with E-state index in [4.69, 9.17) is 11.6 Å². The fourth-order valence-corrected chi connectivity index (χ4v) is 3.94. The molecular formula is C13H18ClNO2S. The average Bonchev–Trinajstić information content (AvgIpc) is 2.88. The van der Waals surface area contributed by atoms with Gasteiger partial charge in [-0.1, -0.05) is 24.9 Å². The Kier molecular flexibility index (Phi) is 4.30. The zero-order valence-corrected chi connectivity index (χ0v) is 12.1. The third-order valence-electron chi connectivity index (χ3n) is 3.66. The lowest BCUT2D eigenvalue weighted by Crippen LogP contribution is -2.49. The van der Waals surface area contributed by atoms with Gasteiger partial charge in [-0.05, 0) is 37.9 Å². The minimum atomic E-state index is -0.676. The molecule has 1 aromatic heterocycles. The Morgan fingerprint density at radius 2 is 2.39 bits per heavy atom. The van der Waals surface area contributed by atoms with E-state index < -0.39 is 11.5 Å². The van der Waals surface area contributed by atoms with Crippen molar-refractivity contribution in [2.45, 2.75) is 44.7 Å². The molecule has 1 saturated heterocycles. The highest BCUT2D eigenvalue weighted by molar-refractivity contribution is 7.16. The first-order chi connectivity index (χ1) is 8.58. The lowest BCUT2D eigenvalue weighted by molar-refractivity contribution is -0.150. The second-order valence-corrected chi connectivity index (χ2v) is 6.62. The van der Waals surface area contributed by atoms with Gasteiger partial charge in [-0.15, -0.1) is 11.3 Å². The summed E-state index contributed by atoms with van der Waals surface area (Å²) in [7, 11) is 0. The van der Waals surface area contributed by atoms with Gasteiger partial charge in [-0.25, -0.2) is 0 Å². The number of halogens is 1. The van der Waals surface area contributed by atoms with Crippen LogP contribution in [0.4, 0.5) is 0 Å². The van der Waals surface area contributed by atoms with Crippen LogP contribution in [0.15, 0.2) is 12.1 Å². The van der Waals surface area contributed by atoms with Gasteiger partial charge in [0.15, 0.2) is 0 Å². The van der Waals surface area contributed by atoms with Crippen LogP contribution in [0.5, 0.6) is 0 Å². The Balaban J connectivity index is 2.17. The van der Waals surface area contributed by atoms with E-state index in [9.17, 15) is 9.90 Å². The van der Waals surface area contributed by atoms with Gasteiger partial charge in [0.1, 0.15) is 5.54 Å². The minimum Gasteiger partial charge on any atom is -0.480 e. The molecule has 0 bridgehead atoms. The van der Waals surface area contributed by atoms with E-state index in [0.29, 0.717) is 6.54 Å². The van der Waals surface area contributed by atoms with E-state index in [0.717, 1.165) is 41.4 Å². The van der Waals surface area contributed by atoms with E-state index in [1.807, 2.05) is 19.1 Å². The molecule has 1 unspecified atom stereocenters. The molecule has 2 heterocycles. The van der Waals surface area contributed by atoms with Crippen LogP contribution < -0.4 is 0 Å². The van der Waals surface area contributed by atoms with E-state index in [1.165, 1.54) is 11.3 Å². The summed E-state index contributed by atoms with van der Waals surface area (Å²) >= 11 is 7.46. The minimum absolute atomic E-state index is 0.661. The Morgan fingerprint density at radius 3 is 2.94 bits per heavy atom. The van der Waals surface area contributed by atoms with E-state index in [2.05, 4.69) is 4.90 Å². The van der Waals surface area contributed by atoms with Gasteiger partial charge in [0, 0.05) is 11.4 Å². The SMILES string of the molecule is CCCC1(C(=O)O)CCCN1Cc1ccc(Cl)s1. The number of likely N-dealkylation sites (tertiary alicyclic amines) is 1. The first-order valence-corrected chi connectivity index (χ1v) is 7.50. The fourth-order valence-electron chi connectivity index (χ4n) is 2.84. The van der Waals surface area contributed by atoms with Crippen LogP contribution in [0, 0.1) is 0 Å². The number of carboxylic acid groups (broad SMARTS) is 1. The smallest absolute Gasteiger partial charge is 0.324 e. The summed E-state index contributed by atoms with van der Waals surface area (Å²) in [5.74, 6) is -0.676. The maximum Gasteiger partial charge on any atom is 0.324 e. The first kappa shape index (κ1) is 13.8. The highest BCUT2D eigenvalue weighted by atomic mass is 35.5. The van der Waals surface area contributed by atoms with Crippen molar-refractivity contribution in [3.63, 3.8) is 0 Å². The second kappa shape index (κ2) is 5.59. The summed E-state index contributed by atoms with van der Waals surface area (Å²) in [5.41, 5.74) is -0.661. The summed E-state index contributed by atoms with van der Waals surface area (Å²) in [5, 5.41) is 9.58. The van der Waals surface area contributed by atoms with Gasteiger partial charge in [0.2, 0.25) is 0 Å². The van der Waals surface area contributed by atoms with Crippen LogP contribution in [0.2, 0.25) is 4.34 Å². The van der Waals surface area contributed by atoms with E-state index in [1.54, 1.807) is 0 Å². The predicted octanol–water partition coefficient (Wildman–Crippen LogP) is 3.62. The molecule has 1 aliphatic rings. The molecule has 2 rings (SSSR count). The lowest BCUT2D eigenvalue weighted by atomic mass is 9.90. The third kappa shape index (κ3) is 2.56.